The summed E-state index contributed by atoms with van der Waals surface area (Å²) in [7, 11) is 0. The Labute approximate surface area is 162 Å². The van der Waals surface area contributed by atoms with Gasteiger partial charge in [-0.15, -0.1) is 0 Å². The quantitative estimate of drug-likeness (QED) is 0.795. The molecule has 6 heteroatoms. The van der Waals surface area contributed by atoms with E-state index in [0.717, 1.165) is 24.9 Å². The predicted molar refractivity (Wildman–Crippen MR) is 106 cm³/mol. The van der Waals surface area contributed by atoms with Gasteiger partial charge in [0.15, 0.2) is 0 Å². The van der Waals surface area contributed by atoms with Crippen LogP contribution in [0, 0.1) is 11.8 Å². The predicted octanol–water partition coefficient (Wildman–Crippen LogP) is 2.87. The van der Waals surface area contributed by atoms with Crippen molar-refractivity contribution >= 4 is 12.0 Å². The molecule has 1 heterocycles. The van der Waals surface area contributed by atoms with Gasteiger partial charge in [0.1, 0.15) is 6.61 Å². The van der Waals surface area contributed by atoms with Crippen LogP contribution in [-0.2, 0) is 16.1 Å². The molecule has 2 N–H and O–H groups in total. The van der Waals surface area contributed by atoms with E-state index in [-0.39, 0.29) is 30.4 Å². The molecule has 150 valence electrons. The second-order valence-corrected chi connectivity index (χ2v) is 7.64. The summed E-state index contributed by atoms with van der Waals surface area (Å²) in [5.74, 6) is 0.397. The van der Waals surface area contributed by atoms with Crippen LogP contribution < -0.4 is 5.73 Å². The molecule has 1 aromatic carbocycles. The number of rotatable bonds is 7. The fourth-order valence-corrected chi connectivity index (χ4v) is 3.37. The minimum Gasteiger partial charge on any atom is -0.445 e. The van der Waals surface area contributed by atoms with Gasteiger partial charge in [-0.25, -0.2) is 4.79 Å². The number of amides is 2. The minimum atomic E-state index is -0.457. The van der Waals surface area contributed by atoms with Gasteiger partial charge < -0.3 is 20.3 Å². The Morgan fingerprint density at radius 2 is 2.00 bits per heavy atom. The van der Waals surface area contributed by atoms with Gasteiger partial charge in [0.05, 0.1) is 6.04 Å². The molecule has 0 bridgehead atoms. The van der Waals surface area contributed by atoms with E-state index in [1.54, 1.807) is 4.90 Å². The summed E-state index contributed by atoms with van der Waals surface area (Å²) in [5.41, 5.74) is 7.00. The Balaban J connectivity index is 1.87. The number of hydrogen-bond donors (Lipinski definition) is 1. The molecule has 2 atom stereocenters. The lowest BCUT2D eigenvalue weighted by molar-refractivity contribution is -0.135. The van der Waals surface area contributed by atoms with Gasteiger partial charge in [-0.2, -0.15) is 0 Å². The zero-order chi connectivity index (χ0) is 19.8. The Hall–Kier alpha value is -2.08. The largest absolute Gasteiger partial charge is 0.445 e. The molecule has 2 rings (SSSR count). The third kappa shape index (κ3) is 6.24. The molecule has 0 unspecified atom stereocenters. The topological polar surface area (TPSA) is 75.9 Å². The van der Waals surface area contributed by atoms with E-state index in [1.807, 2.05) is 56.0 Å². The van der Waals surface area contributed by atoms with Crippen LogP contribution in [0.3, 0.4) is 0 Å². The lowest BCUT2D eigenvalue weighted by atomic mass is 9.95. The molecule has 1 aliphatic rings. The van der Waals surface area contributed by atoms with E-state index in [4.69, 9.17) is 10.5 Å². The highest BCUT2D eigenvalue weighted by molar-refractivity contribution is 5.82. The zero-order valence-electron chi connectivity index (χ0n) is 16.8. The van der Waals surface area contributed by atoms with Gasteiger partial charge in [-0.05, 0) is 37.2 Å². The van der Waals surface area contributed by atoms with Gasteiger partial charge in [0.25, 0.3) is 0 Å². The Kier molecular flexibility index (Phi) is 8.10. The second-order valence-electron chi connectivity index (χ2n) is 7.64. The monoisotopic (exact) mass is 375 g/mol. The molecule has 0 spiro atoms. The number of carbonyl (C=O) groups excluding carboxylic acids is 2. The first-order valence-electron chi connectivity index (χ1n) is 9.92. The highest BCUT2D eigenvalue weighted by atomic mass is 16.6. The standard InChI is InChI=1S/C21H33N3O3/c1-4-23(21(26)27-15-17-9-6-5-7-10-17)13-18-11-8-12-24(14-18)20(25)19(22)16(2)3/h5-7,9-10,16,18-19H,4,8,11-15,22H2,1-3H3/t18-,19-/m0/s1. The van der Waals surface area contributed by atoms with Crippen molar-refractivity contribution in [3.8, 4) is 0 Å². The number of benzene rings is 1. The van der Waals surface area contributed by atoms with Crippen molar-refractivity contribution < 1.29 is 14.3 Å². The van der Waals surface area contributed by atoms with Gasteiger partial charge in [-0.1, -0.05) is 44.2 Å². The van der Waals surface area contributed by atoms with E-state index in [1.165, 1.54) is 0 Å². The maximum absolute atomic E-state index is 12.5. The maximum Gasteiger partial charge on any atom is 0.410 e. The number of piperidine rings is 1. The van der Waals surface area contributed by atoms with Crippen LogP contribution in [0.15, 0.2) is 30.3 Å². The third-order valence-corrected chi connectivity index (χ3v) is 5.16. The normalized spacial score (nSPS) is 18.3. The first kappa shape index (κ1) is 21.2. The molecule has 0 aromatic heterocycles. The molecule has 1 aromatic rings. The van der Waals surface area contributed by atoms with Gasteiger partial charge >= 0.3 is 6.09 Å². The summed E-state index contributed by atoms with van der Waals surface area (Å²) in [5, 5.41) is 0. The van der Waals surface area contributed by atoms with Crippen molar-refractivity contribution in [2.24, 2.45) is 17.6 Å². The van der Waals surface area contributed by atoms with Gasteiger partial charge in [0, 0.05) is 26.2 Å². The average Bonchev–Trinajstić information content (AvgIpc) is 2.70. The maximum atomic E-state index is 12.5. The van der Waals surface area contributed by atoms with Crippen LogP contribution in [0.2, 0.25) is 0 Å². The fourth-order valence-electron chi connectivity index (χ4n) is 3.37. The Morgan fingerprint density at radius 3 is 2.63 bits per heavy atom. The van der Waals surface area contributed by atoms with Crippen LogP contribution in [0.25, 0.3) is 0 Å². The van der Waals surface area contributed by atoms with E-state index in [9.17, 15) is 9.59 Å². The summed E-state index contributed by atoms with van der Waals surface area (Å²) < 4.78 is 5.45. The van der Waals surface area contributed by atoms with Crippen molar-refractivity contribution in [1.29, 1.82) is 0 Å². The molecule has 6 nitrogen and oxygen atoms in total. The molecule has 0 radical (unpaired) electrons. The van der Waals surface area contributed by atoms with Crippen LogP contribution in [0.5, 0.6) is 0 Å². The van der Waals surface area contributed by atoms with Gasteiger partial charge in [0.2, 0.25) is 5.91 Å². The molecule has 1 aliphatic heterocycles. The second kappa shape index (κ2) is 10.3. The van der Waals surface area contributed by atoms with Crippen molar-refractivity contribution in [1.82, 2.24) is 9.80 Å². The molecule has 27 heavy (non-hydrogen) atoms. The van der Waals surface area contributed by atoms with Crippen molar-refractivity contribution in [2.75, 3.05) is 26.2 Å². The summed E-state index contributed by atoms with van der Waals surface area (Å²) >= 11 is 0. The summed E-state index contributed by atoms with van der Waals surface area (Å²) in [6.07, 6.45) is 1.64. The number of nitrogens with zero attached hydrogens (tertiary/aromatic N) is 2. The number of hydrogen-bond acceptors (Lipinski definition) is 4. The van der Waals surface area contributed by atoms with E-state index >= 15 is 0 Å². The fraction of sp³-hybridized carbons (Fsp3) is 0.619. The molecule has 0 saturated carbocycles. The molecule has 1 saturated heterocycles. The smallest absolute Gasteiger partial charge is 0.410 e. The number of ether oxygens (including phenoxy) is 1. The Morgan fingerprint density at radius 1 is 1.30 bits per heavy atom. The van der Waals surface area contributed by atoms with Crippen LogP contribution in [-0.4, -0.2) is 54.0 Å². The van der Waals surface area contributed by atoms with E-state index in [0.29, 0.717) is 19.6 Å². The first-order chi connectivity index (χ1) is 12.9. The molecular weight excluding hydrogens is 342 g/mol. The molecule has 0 aliphatic carbocycles. The third-order valence-electron chi connectivity index (χ3n) is 5.16. The molecule has 2 amide bonds. The van der Waals surface area contributed by atoms with Crippen molar-refractivity contribution in [3.63, 3.8) is 0 Å². The number of carbonyl (C=O) groups is 2. The lowest BCUT2D eigenvalue weighted by Gasteiger charge is -2.36. The summed E-state index contributed by atoms with van der Waals surface area (Å²) in [6.45, 7) is 8.74. The summed E-state index contributed by atoms with van der Waals surface area (Å²) in [4.78, 5) is 28.6. The average molecular weight is 376 g/mol. The van der Waals surface area contributed by atoms with E-state index < -0.39 is 6.04 Å². The Bertz CT molecular complexity index is 606. The van der Waals surface area contributed by atoms with Crippen LogP contribution >= 0.6 is 0 Å². The first-order valence-corrected chi connectivity index (χ1v) is 9.92. The summed E-state index contributed by atoms with van der Waals surface area (Å²) in [6, 6.07) is 9.21. The van der Waals surface area contributed by atoms with Gasteiger partial charge in [-0.3, -0.25) is 4.79 Å². The van der Waals surface area contributed by atoms with Crippen molar-refractivity contribution in [2.45, 2.75) is 46.3 Å². The minimum absolute atomic E-state index is 0.0180. The SMILES string of the molecule is CCN(C[C@@H]1CCCN(C(=O)[C@@H](N)C(C)C)C1)C(=O)OCc1ccccc1. The highest BCUT2D eigenvalue weighted by Crippen LogP contribution is 2.20. The zero-order valence-corrected chi connectivity index (χ0v) is 16.8. The molecule has 1 fully saturated rings. The van der Waals surface area contributed by atoms with Crippen LogP contribution in [0.1, 0.15) is 39.2 Å². The van der Waals surface area contributed by atoms with Crippen LogP contribution in [0.4, 0.5) is 4.79 Å². The highest BCUT2D eigenvalue weighted by Gasteiger charge is 2.30. The van der Waals surface area contributed by atoms with Crippen molar-refractivity contribution in [3.05, 3.63) is 35.9 Å². The lowest BCUT2D eigenvalue weighted by Crippen LogP contribution is -2.51. The van der Waals surface area contributed by atoms with E-state index in [2.05, 4.69) is 0 Å². The number of likely N-dealkylation sites (tertiary alicyclic amines) is 1. The number of nitrogens with two attached hydrogens (primary N) is 1. The molecular formula is C21H33N3O3.